The van der Waals surface area contributed by atoms with Gasteiger partial charge in [-0.15, -0.1) is 0 Å². The van der Waals surface area contributed by atoms with Gasteiger partial charge in [0.25, 0.3) is 5.69 Å². The summed E-state index contributed by atoms with van der Waals surface area (Å²) in [7, 11) is 1.57. The second-order valence-corrected chi connectivity index (χ2v) is 7.53. The quantitative estimate of drug-likeness (QED) is 0.424. The molecule has 0 aliphatic heterocycles. The molecule has 1 aromatic heterocycles. The van der Waals surface area contributed by atoms with Gasteiger partial charge in [-0.1, -0.05) is 12.1 Å². The van der Waals surface area contributed by atoms with Gasteiger partial charge in [0.15, 0.2) is 0 Å². The van der Waals surface area contributed by atoms with Crippen LogP contribution in [0.2, 0.25) is 0 Å². The molecule has 1 aliphatic carbocycles. The summed E-state index contributed by atoms with van der Waals surface area (Å²) >= 11 is 0. The molecule has 0 spiro atoms. The molecule has 7 heteroatoms. The van der Waals surface area contributed by atoms with Gasteiger partial charge in [-0.25, -0.2) is 4.68 Å². The number of aryl methyl sites for hydroxylation is 2. The average molecular weight is 395 g/mol. The number of nitro groups is 1. The van der Waals surface area contributed by atoms with Crippen LogP contribution >= 0.6 is 0 Å². The van der Waals surface area contributed by atoms with Crippen molar-refractivity contribution in [3.05, 3.63) is 74.7 Å². The van der Waals surface area contributed by atoms with Crippen LogP contribution in [0.3, 0.4) is 0 Å². The SMILES string of the molecule is Cc1cc(-c2nn(C)c(F)c2C)ccc1OCc1c(C2CC2)cccc1[N+](=O)[O-]. The molecule has 150 valence electrons. The first-order valence-corrected chi connectivity index (χ1v) is 9.56. The van der Waals surface area contributed by atoms with E-state index >= 15 is 0 Å². The molecule has 1 heterocycles. The number of hydrogen-bond acceptors (Lipinski definition) is 4. The number of halogens is 1. The lowest BCUT2D eigenvalue weighted by Crippen LogP contribution is -2.05. The Morgan fingerprint density at radius 1 is 1.28 bits per heavy atom. The topological polar surface area (TPSA) is 70.2 Å². The van der Waals surface area contributed by atoms with E-state index in [1.54, 1.807) is 20.0 Å². The summed E-state index contributed by atoms with van der Waals surface area (Å²) in [5, 5.41) is 15.7. The predicted octanol–water partition coefficient (Wildman–Crippen LogP) is 5.21. The van der Waals surface area contributed by atoms with Crippen molar-refractivity contribution in [1.82, 2.24) is 9.78 Å². The van der Waals surface area contributed by atoms with Crippen LogP contribution in [-0.2, 0) is 13.7 Å². The molecule has 0 radical (unpaired) electrons. The Labute approximate surface area is 168 Å². The van der Waals surface area contributed by atoms with Gasteiger partial charge in [0, 0.05) is 24.2 Å². The Balaban J connectivity index is 1.60. The molecular formula is C22H22FN3O3. The van der Waals surface area contributed by atoms with Crippen molar-refractivity contribution in [1.29, 1.82) is 0 Å². The Morgan fingerprint density at radius 3 is 2.62 bits per heavy atom. The van der Waals surface area contributed by atoms with E-state index in [0.29, 0.717) is 28.5 Å². The largest absolute Gasteiger partial charge is 0.488 e. The molecule has 1 aliphatic rings. The minimum absolute atomic E-state index is 0.100. The van der Waals surface area contributed by atoms with Crippen LogP contribution in [0.25, 0.3) is 11.3 Å². The molecule has 0 bridgehead atoms. The summed E-state index contributed by atoms with van der Waals surface area (Å²) in [5.41, 5.74) is 4.50. The highest BCUT2D eigenvalue weighted by atomic mass is 19.1. The van der Waals surface area contributed by atoms with Gasteiger partial charge in [0.1, 0.15) is 12.4 Å². The second kappa shape index (κ2) is 7.31. The van der Waals surface area contributed by atoms with Gasteiger partial charge in [-0.2, -0.15) is 9.49 Å². The zero-order chi connectivity index (χ0) is 20.7. The van der Waals surface area contributed by atoms with Crippen molar-refractivity contribution in [2.45, 2.75) is 39.2 Å². The maximum atomic E-state index is 14.0. The standard InChI is InChI=1S/C22H22FN3O3/c1-13-11-16(21-14(2)22(23)25(3)24-21)9-10-20(13)29-12-18-17(15-7-8-15)5-4-6-19(18)26(27)28/h4-6,9-11,15H,7-8,12H2,1-3H3. The second-order valence-electron chi connectivity index (χ2n) is 7.53. The zero-order valence-electron chi connectivity index (χ0n) is 16.6. The van der Waals surface area contributed by atoms with Crippen LogP contribution in [0, 0.1) is 29.9 Å². The first-order valence-electron chi connectivity index (χ1n) is 9.56. The van der Waals surface area contributed by atoms with Gasteiger partial charge < -0.3 is 4.74 Å². The Bertz CT molecular complexity index is 1100. The molecule has 0 atom stereocenters. The molecule has 1 saturated carbocycles. The van der Waals surface area contributed by atoms with Crippen LogP contribution < -0.4 is 4.74 Å². The highest BCUT2D eigenvalue weighted by molar-refractivity contribution is 5.65. The molecule has 3 aromatic rings. The average Bonchev–Trinajstić information content (AvgIpc) is 3.51. The zero-order valence-corrected chi connectivity index (χ0v) is 16.6. The van der Waals surface area contributed by atoms with E-state index in [2.05, 4.69) is 5.10 Å². The van der Waals surface area contributed by atoms with Crippen LogP contribution in [0.15, 0.2) is 36.4 Å². The smallest absolute Gasteiger partial charge is 0.276 e. The predicted molar refractivity (Wildman–Crippen MR) is 107 cm³/mol. The van der Waals surface area contributed by atoms with Gasteiger partial charge in [0.05, 0.1) is 16.2 Å². The number of ether oxygens (including phenoxy) is 1. The summed E-state index contributed by atoms with van der Waals surface area (Å²) in [5.74, 6) is 0.670. The van der Waals surface area contributed by atoms with Crippen molar-refractivity contribution in [3.63, 3.8) is 0 Å². The first kappa shape index (κ1) is 19.1. The molecule has 4 rings (SSSR count). The summed E-state index contributed by atoms with van der Waals surface area (Å²) in [6.45, 7) is 3.74. The summed E-state index contributed by atoms with van der Waals surface area (Å²) in [6.07, 6.45) is 2.11. The first-order chi connectivity index (χ1) is 13.9. The summed E-state index contributed by atoms with van der Waals surface area (Å²) < 4.78 is 21.2. The Hall–Kier alpha value is -3.22. The monoisotopic (exact) mass is 395 g/mol. The highest BCUT2D eigenvalue weighted by Gasteiger charge is 2.30. The maximum absolute atomic E-state index is 14.0. The summed E-state index contributed by atoms with van der Waals surface area (Å²) in [4.78, 5) is 11.1. The third-order valence-corrected chi connectivity index (χ3v) is 5.42. The third-order valence-electron chi connectivity index (χ3n) is 5.42. The van der Waals surface area contributed by atoms with Gasteiger partial charge in [0.2, 0.25) is 5.95 Å². The van der Waals surface area contributed by atoms with Gasteiger partial charge in [-0.05, 0) is 61.9 Å². The van der Waals surface area contributed by atoms with E-state index in [4.69, 9.17) is 4.74 Å². The number of nitrogens with zero attached hydrogens (tertiary/aromatic N) is 3. The number of aromatic nitrogens is 2. The van der Waals surface area contributed by atoms with E-state index < -0.39 is 0 Å². The van der Waals surface area contributed by atoms with E-state index in [0.717, 1.165) is 29.5 Å². The lowest BCUT2D eigenvalue weighted by molar-refractivity contribution is -0.385. The number of rotatable bonds is 6. The number of benzene rings is 2. The van der Waals surface area contributed by atoms with Crippen LogP contribution in [0.4, 0.5) is 10.1 Å². The minimum Gasteiger partial charge on any atom is -0.488 e. The van der Waals surface area contributed by atoms with Crippen LogP contribution in [0.5, 0.6) is 5.75 Å². The highest BCUT2D eigenvalue weighted by Crippen LogP contribution is 2.44. The molecule has 2 aromatic carbocycles. The van der Waals surface area contributed by atoms with Crippen molar-refractivity contribution in [2.75, 3.05) is 0 Å². The van der Waals surface area contributed by atoms with Crippen molar-refractivity contribution in [3.8, 4) is 17.0 Å². The molecule has 0 N–H and O–H groups in total. The molecule has 29 heavy (non-hydrogen) atoms. The van der Waals surface area contributed by atoms with E-state index in [1.165, 1.54) is 10.7 Å². The van der Waals surface area contributed by atoms with Crippen LogP contribution in [-0.4, -0.2) is 14.7 Å². The van der Waals surface area contributed by atoms with Crippen molar-refractivity contribution < 1.29 is 14.1 Å². The normalized spacial score (nSPS) is 13.5. The summed E-state index contributed by atoms with van der Waals surface area (Å²) in [6, 6.07) is 10.8. The maximum Gasteiger partial charge on any atom is 0.276 e. The van der Waals surface area contributed by atoms with E-state index in [-0.39, 0.29) is 23.2 Å². The fourth-order valence-corrected chi connectivity index (χ4v) is 3.69. The molecule has 0 unspecified atom stereocenters. The Morgan fingerprint density at radius 2 is 2.03 bits per heavy atom. The van der Waals surface area contributed by atoms with Crippen molar-refractivity contribution >= 4 is 5.69 Å². The van der Waals surface area contributed by atoms with Crippen LogP contribution in [0.1, 0.15) is 41.0 Å². The van der Waals surface area contributed by atoms with E-state index in [9.17, 15) is 14.5 Å². The van der Waals surface area contributed by atoms with Crippen molar-refractivity contribution in [2.24, 2.45) is 7.05 Å². The van der Waals surface area contributed by atoms with Gasteiger partial charge in [-0.3, -0.25) is 10.1 Å². The minimum atomic E-state index is -0.359. The molecular weight excluding hydrogens is 373 g/mol. The lowest BCUT2D eigenvalue weighted by Gasteiger charge is -2.13. The number of nitro benzene ring substituents is 1. The fraction of sp³-hybridized carbons (Fsp3) is 0.318. The lowest BCUT2D eigenvalue weighted by atomic mass is 10.0. The third kappa shape index (κ3) is 3.60. The molecule has 0 saturated heterocycles. The Kier molecular flexibility index (Phi) is 4.82. The molecule has 0 amide bonds. The molecule has 1 fully saturated rings. The van der Waals surface area contributed by atoms with Gasteiger partial charge >= 0.3 is 0 Å². The van der Waals surface area contributed by atoms with E-state index in [1.807, 2.05) is 31.2 Å². The fourth-order valence-electron chi connectivity index (χ4n) is 3.69. The molecule has 6 nitrogen and oxygen atoms in total. The number of hydrogen-bond donors (Lipinski definition) is 0.